The summed E-state index contributed by atoms with van der Waals surface area (Å²) < 4.78 is 4.87. The third kappa shape index (κ3) is 2.32. The number of likely N-dealkylation sites (tertiary alicyclic amines) is 2. The second-order valence-electron chi connectivity index (χ2n) is 7.75. The van der Waals surface area contributed by atoms with Gasteiger partial charge in [0.25, 0.3) is 0 Å². The first-order valence-corrected chi connectivity index (χ1v) is 9.36. The standard InChI is InChI=1S/C19H24N2O5/c1-20-17(23)15-11-6-4-3-5-10(11)9-13(16(15)18(20)24)21-12(19(25)26-2)7-8-14(21)22/h9,11-13,15-16H,3-8H2,1-2H3/t11-,12-,13?,15-,16+/m0/s1. The lowest BCUT2D eigenvalue weighted by Gasteiger charge is -2.43. The van der Waals surface area contributed by atoms with Gasteiger partial charge in [-0.15, -0.1) is 0 Å². The zero-order chi connectivity index (χ0) is 18.6. The molecule has 0 N–H and O–H groups in total. The molecule has 0 radical (unpaired) electrons. The van der Waals surface area contributed by atoms with Crippen molar-refractivity contribution in [1.29, 1.82) is 0 Å². The molecular weight excluding hydrogens is 336 g/mol. The number of esters is 1. The fraction of sp³-hybridized carbons (Fsp3) is 0.684. The normalized spacial score (nSPS) is 36.8. The van der Waals surface area contributed by atoms with Crippen molar-refractivity contribution in [2.45, 2.75) is 50.6 Å². The van der Waals surface area contributed by atoms with Crippen molar-refractivity contribution in [3.8, 4) is 0 Å². The molecule has 2 saturated heterocycles. The smallest absolute Gasteiger partial charge is 0.328 e. The molecule has 0 aromatic rings. The summed E-state index contributed by atoms with van der Waals surface area (Å²) in [4.78, 5) is 53.2. The highest BCUT2D eigenvalue weighted by atomic mass is 16.5. The van der Waals surface area contributed by atoms with E-state index >= 15 is 0 Å². The summed E-state index contributed by atoms with van der Waals surface area (Å²) in [6.45, 7) is 0. The number of amides is 3. The van der Waals surface area contributed by atoms with E-state index in [0.717, 1.165) is 25.7 Å². The highest BCUT2D eigenvalue weighted by Crippen LogP contribution is 2.49. The zero-order valence-corrected chi connectivity index (χ0v) is 15.1. The van der Waals surface area contributed by atoms with Crippen LogP contribution in [0.15, 0.2) is 11.6 Å². The summed E-state index contributed by atoms with van der Waals surface area (Å²) in [5.41, 5.74) is 1.17. The van der Waals surface area contributed by atoms with Crippen molar-refractivity contribution in [1.82, 2.24) is 9.80 Å². The summed E-state index contributed by atoms with van der Waals surface area (Å²) in [6, 6.07) is -1.21. The molecule has 2 aliphatic heterocycles. The predicted molar refractivity (Wildman–Crippen MR) is 90.5 cm³/mol. The molecule has 2 heterocycles. The number of hydrogen-bond donors (Lipinski definition) is 0. The SMILES string of the molecule is COC(=O)[C@@H]1CCC(=O)N1C1C=C2CCCC[C@@H]2[C@@H]2C(=O)N(C)C(=O)[C@H]12. The van der Waals surface area contributed by atoms with Crippen molar-refractivity contribution < 1.29 is 23.9 Å². The summed E-state index contributed by atoms with van der Waals surface area (Å²) in [6.07, 6.45) is 6.56. The number of allylic oxidation sites excluding steroid dienone is 1. The lowest BCUT2D eigenvalue weighted by Crippen LogP contribution is -2.53. The van der Waals surface area contributed by atoms with Crippen LogP contribution in [0, 0.1) is 17.8 Å². The summed E-state index contributed by atoms with van der Waals surface area (Å²) >= 11 is 0. The van der Waals surface area contributed by atoms with Crippen LogP contribution < -0.4 is 0 Å². The maximum absolute atomic E-state index is 12.9. The Morgan fingerprint density at radius 2 is 1.81 bits per heavy atom. The minimum atomic E-state index is -0.677. The van der Waals surface area contributed by atoms with Crippen LogP contribution in [-0.4, -0.2) is 59.7 Å². The zero-order valence-electron chi connectivity index (χ0n) is 15.1. The molecule has 0 bridgehead atoms. The predicted octanol–water partition coefficient (Wildman–Crippen LogP) is 0.880. The van der Waals surface area contributed by atoms with E-state index < -0.39 is 29.9 Å². The number of nitrogens with zero attached hydrogens (tertiary/aromatic N) is 2. The second kappa shape index (κ2) is 6.21. The quantitative estimate of drug-likeness (QED) is 0.415. The average molecular weight is 360 g/mol. The van der Waals surface area contributed by atoms with Crippen molar-refractivity contribution in [2.24, 2.45) is 17.8 Å². The highest BCUT2D eigenvalue weighted by Gasteiger charge is 2.58. The number of ether oxygens (including phenoxy) is 1. The highest BCUT2D eigenvalue weighted by molar-refractivity contribution is 6.06. The van der Waals surface area contributed by atoms with E-state index in [1.165, 1.54) is 29.5 Å². The van der Waals surface area contributed by atoms with Crippen LogP contribution in [0.3, 0.4) is 0 Å². The van der Waals surface area contributed by atoms with Gasteiger partial charge in [-0.05, 0) is 31.6 Å². The molecule has 26 heavy (non-hydrogen) atoms. The van der Waals surface area contributed by atoms with Gasteiger partial charge in [-0.3, -0.25) is 19.3 Å². The topological polar surface area (TPSA) is 84.0 Å². The molecule has 140 valence electrons. The molecule has 7 heteroatoms. The molecule has 5 atom stereocenters. The third-order valence-electron chi connectivity index (χ3n) is 6.56. The monoisotopic (exact) mass is 360 g/mol. The van der Waals surface area contributed by atoms with Gasteiger partial charge in [0.05, 0.1) is 25.0 Å². The molecule has 1 saturated carbocycles. The minimum absolute atomic E-state index is 0.0840. The Bertz CT molecular complexity index is 715. The molecule has 0 aromatic carbocycles. The van der Waals surface area contributed by atoms with Crippen LogP contribution in [0.1, 0.15) is 38.5 Å². The van der Waals surface area contributed by atoms with Gasteiger partial charge in [-0.25, -0.2) is 4.79 Å². The first kappa shape index (κ1) is 17.2. The van der Waals surface area contributed by atoms with Gasteiger partial charge < -0.3 is 9.64 Å². The number of carbonyl (C=O) groups excluding carboxylic acids is 4. The summed E-state index contributed by atoms with van der Waals surface area (Å²) in [5.74, 6) is -1.91. The van der Waals surface area contributed by atoms with Crippen molar-refractivity contribution in [2.75, 3.05) is 14.2 Å². The first-order chi connectivity index (χ1) is 12.5. The number of rotatable bonds is 2. The third-order valence-corrected chi connectivity index (χ3v) is 6.56. The van der Waals surface area contributed by atoms with E-state index in [1.54, 1.807) is 0 Å². The maximum Gasteiger partial charge on any atom is 0.328 e. The fourth-order valence-corrected chi connectivity index (χ4v) is 5.35. The Labute approximate surface area is 152 Å². The molecular formula is C19H24N2O5. The van der Waals surface area contributed by atoms with Crippen LogP contribution in [0.2, 0.25) is 0 Å². The number of carbonyl (C=O) groups is 4. The van der Waals surface area contributed by atoms with Crippen molar-refractivity contribution in [3.05, 3.63) is 11.6 Å². The number of imide groups is 1. The fourth-order valence-electron chi connectivity index (χ4n) is 5.35. The molecule has 0 aromatic heterocycles. The Hall–Kier alpha value is -2.18. The Morgan fingerprint density at radius 1 is 1.08 bits per heavy atom. The van der Waals surface area contributed by atoms with Gasteiger partial charge in [0.2, 0.25) is 17.7 Å². The van der Waals surface area contributed by atoms with E-state index in [2.05, 4.69) is 0 Å². The van der Waals surface area contributed by atoms with E-state index in [9.17, 15) is 19.2 Å². The van der Waals surface area contributed by atoms with Gasteiger partial charge in [0.1, 0.15) is 6.04 Å². The average Bonchev–Trinajstić information content (AvgIpc) is 3.14. The largest absolute Gasteiger partial charge is 0.467 e. The number of methoxy groups -OCH3 is 1. The van der Waals surface area contributed by atoms with Gasteiger partial charge >= 0.3 is 5.97 Å². The first-order valence-electron chi connectivity index (χ1n) is 9.36. The van der Waals surface area contributed by atoms with E-state index in [4.69, 9.17) is 4.74 Å². The van der Waals surface area contributed by atoms with Gasteiger partial charge in [0.15, 0.2) is 0 Å². The Morgan fingerprint density at radius 3 is 2.54 bits per heavy atom. The van der Waals surface area contributed by atoms with E-state index in [-0.39, 0.29) is 30.1 Å². The lowest BCUT2D eigenvalue weighted by molar-refractivity contribution is -0.152. The van der Waals surface area contributed by atoms with Crippen molar-refractivity contribution >= 4 is 23.7 Å². The van der Waals surface area contributed by atoms with E-state index in [1.807, 2.05) is 6.08 Å². The van der Waals surface area contributed by atoms with Gasteiger partial charge in [-0.1, -0.05) is 18.1 Å². The molecule has 2 aliphatic carbocycles. The minimum Gasteiger partial charge on any atom is -0.467 e. The maximum atomic E-state index is 12.9. The molecule has 4 aliphatic rings. The number of fused-ring (bicyclic) bond motifs is 3. The van der Waals surface area contributed by atoms with Gasteiger partial charge in [-0.2, -0.15) is 0 Å². The molecule has 1 unspecified atom stereocenters. The molecule has 4 rings (SSSR count). The lowest BCUT2D eigenvalue weighted by atomic mass is 9.65. The van der Waals surface area contributed by atoms with Crippen LogP contribution >= 0.6 is 0 Å². The molecule has 7 nitrogen and oxygen atoms in total. The summed E-state index contributed by atoms with van der Waals surface area (Å²) in [7, 11) is 2.83. The van der Waals surface area contributed by atoms with Crippen LogP contribution in [-0.2, 0) is 23.9 Å². The van der Waals surface area contributed by atoms with Gasteiger partial charge in [0, 0.05) is 13.5 Å². The number of hydrogen-bond acceptors (Lipinski definition) is 5. The van der Waals surface area contributed by atoms with Crippen molar-refractivity contribution in [3.63, 3.8) is 0 Å². The van der Waals surface area contributed by atoms with Crippen LogP contribution in [0.5, 0.6) is 0 Å². The Balaban J connectivity index is 1.78. The second-order valence-corrected chi connectivity index (χ2v) is 7.75. The molecule has 3 amide bonds. The van der Waals surface area contributed by atoms with Crippen LogP contribution in [0.25, 0.3) is 0 Å². The van der Waals surface area contributed by atoms with Crippen LogP contribution in [0.4, 0.5) is 0 Å². The molecule has 0 spiro atoms. The summed E-state index contributed by atoms with van der Waals surface area (Å²) in [5, 5.41) is 0. The molecule has 3 fully saturated rings. The Kier molecular flexibility index (Phi) is 4.12. The van der Waals surface area contributed by atoms with E-state index in [0.29, 0.717) is 6.42 Å².